The average Bonchev–Trinajstić information content (AvgIpc) is 2.39. The van der Waals surface area contributed by atoms with E-state index in [-0.39, 0.29) is 23.4 Å². The largest absolute Gasteiger partial charge is 0.495 e. The zero-order valence-corrected chi connectivity index (χ0v) is 11.4. The summed E-state index contributed by atoms with van der Waals surface area (Å²) in [7, 11) is -2.51. The molecule has 0 radical (unpaired) electrons. The van der Waals surface area contributed by atoms with Crippen molar-refractivity contribution in [1.29, 1.82) is 10.5 Å². The van der Waals surface area contributed by atoms with Crippen LogP contribution in [0.25, 0.3) is 0 Å². The van der Waals surface area contributed by atoms with Crippen molar-refractivity contribution < 1.29 is 13.2 Å². The fourth-order valence-electron chi connectivity index (χ4n) is 1.49. The highest BCUT2D eigenvalue weighted by Gasteiger charge is 2.25. The number of hydrogen-bond acceptors (Lipinski definition) is 5. The summed E-state index contributed by atoms with van der Waals surface area (Å²) in [5.41, 5.74) is 0.192. The molecule has 0 heterocycles. The van der Waals surface area contributed by atoms with Crippen molar-refractivity contribution in [3.8, 4) is 17.9 Å². The van der Waals surface area contributed by atoms with Gasteiger partial charge in [-0.3, -0.25) is 4.72 Å². The zero-order valence-electron chi connectivity index (χ0n) is 10.5. The SMILES string of the molecule is CCC(C#N)S(=O)(=O)Nc1c(C#N)cccc1OC. The van der Waals surface area contributed by atoms with E-state index in [4.69, 9.17) is 15.3 Å². The standard InChI is InChI=1S/C12H13N3O3S/c1-3-10(8-14)19(16,17)15-12-9(7-13)5-4-6-11(12)18-2/h4-6,10,15H,3H2,1-2H3. The molecule has 0 aliphatic rings. The van der Waals surface area contributed by atoms with Crippen LogP contribution >= 0.6 is 0 Å². The van der Waals surface area contributed by atoms with Gasteiger partial charge in [0.05, 0.1) is 18.7 Å². The summed E-state index contributed by atoms with van der Waals surface area (Å²) >= 11 is 0. The Bertz CT molecular complexity index is 641. The lowest BCUT2D eigenvalue weighted by Gasteiger charge is -2.15. The number of rotatable bonds is 5. The molecule has 1 atom stereocenters. The van der Waals surface area contributed by atoms with Crippen LogP contribution in [0.3, 0.4) is 0 Å². The van der Waals surface area contributed by atoms with E-state index < -0.39 is 15.3 Å². The number of benzene rings is 1. The molecule has 1 N–H and O–H groups in total. The molecule has 0 aromatic heterocycles. The Morgan fingerprint density at radius 3 is 2.58 bits per heavy atom. The summed E-state index contributed by atoms with van der Waals surface area (Å²) in [6, 6.07) is 8.17. The Morgan fingerprint density at radius 2 is 2.11 bits per heavy atom. The number of sulfonamides is 1. The number of anilines is 1. The molecule has 19 heavy (non-hydrogen) atoms. The first-order chi connectivity index (χ1) is 9.00. The van der Waals surface area contributed by atoms with Crippen LogP contribution in [0.15, 0.2) is 18.2 Å². The lowest BCUT2D eigenvalue weighted by molar-refractivity contribution is 0.416. The first-order valence-corrected chi connectivity index (χ1v) is 7.03. The van der Waals surface area contributed by atoms with Crippen LogP contribution in [-0.2, 0) is 10.0 Å². The fraction of sp³-hybridized carbons (Fsp3) is 0.333. The van der Waals surface area contributed by atoms with Crippen LogP contribution in [0.4, 0.5) is 5.69 Å². The second-order valence-electron chi connectivity index (χ2n) is 3.67. The van der Waals surface area contributed by atoms with E-state index in [1.165, 1.54) is 19.2 Å². The van der Waals surface area contributed by atoms with Gasteiger partial charge in [-0.25, -0.2) is 8.42 Å². The molecule has 0 saturated heterocycles. The van der Waals surface area contributed by atoms with Gasteiger partial charge in [-0.05, 0) is 18.6 Å². The molecule has 7 heteroatoms. The van der Waals surface area contributed by atoms with E-state index in [9.17, 15) is 8.42 Å². The van der Waals surface area contributed by atoms with Gasteiger partial charge < -0.3 is 4.74 Å². The van der Waals surface area contributed by atoms with Crippen LogP contribution in [0.1, 0.15) is 18.9 Å². The van der Waals surface area contributed by atoms with Gasteiger partial charge in [0, 0.05) is 0 Å². The predicted octanol–water partition coefficient (Wildman–Crippen LogP) is 1.61. The van der Waals surface area contributed by atoms with Crippen molar-refractivity contribution in [1.82, 2.24) is 0 Å². The molecule has 0 spiro atoms. The molecule has 0 amide bonds. The minimum Gasteiger partial charge on any atom is -0.495 e. The number of nitrogens with one attached hydrogen (secondary N) is 1. The number of para-hydroxylation sites is 1. The number of ether oxygens (including phenoxy) is 1. The average molecular weight is 279 g/mol. The third kappa shape index (κ3) is 3.15. The van der Waals surface area contributed by atoms with Gasteiger partial charge >= 0.3 is 0 Å². The Balaban J connectivity index is 3.27. The highest BCUT2D eigenvalue weighted by molar-refractivity contribution is 7.93. The summed E-state index contributed by atoms with van der Waals surface area (Å²) < 4.78 is 31.3. The minimum atomic E-state index is -3.88. The second-order valence-corrected chi connectivity index (χ2v) is 5.53. The van der Waals surface area contributed by atoms with E-state index in [2.05, 4.69) is 4.72 Å². The molecule has 0 aliphatic heterocycles. The Labute approximate surface area is 112 Å². The molecular weight excluding hydrogens is 266 g/mol. The molecule has 1 unspecified atom stereocenters. The monoisotopic (exact) mass is 279 g/mol. The molecule has 0 fully saturated rings. The topological polar surface area (TPSA) is 103 Å². The smallest absolute Gasteiger partial charge is 0.249 e. The number of methoxy groups -OCH3 is 1. The number of hydrogen-bond donors (Lipinski definition) is 1. The first kappa shape index (κ1) is 14.8. The maximum atomic E-state index is 12.0. The van der Waals surface area contributed by atoms with E-state index >= 15 is 0 Å². The van der Waals surface area contributed by atoms with E-state index in [1.807, 2.05) is 6.07 Å². The lowest BCUT2D eigenvalue weighted by atomic mass is 10.2. The van der Waals surface area contributed by atoms with Gasteiger partial charge in [0.25, 0.3) is 0 Å². The van der Waals surface area contributed by atoms with Crippen molar-refractivity contribution in [2.75, 3.05) is 11.8 Å². The Hall–Kier alpha value is -2.25. The van der Waals surface area contributed by atoms with Gasteiger partial charge in [-0.2, -0.15) is 10.5 Å². The summed E-state index contributed by atoms with van der Waals surface area (Å²) in [5.74, 6) is 0.232. The molecule has 0 saturated carbocycles. The Morgan fingerprint density at radius 1 is 1.42 bits per heavy atom. The van der Waals surface area contributed by atoms with Crippen LogP contribution < -0.4 is 9.46 Å². The van der Waals surface area contributed by atoms with Gasteiger partial charge in [-0.15, -0.1) is 0 Å². The van der Waals surface area contributed by atoms with Gasteiger partial charge in [0.2, 0.25) is 10.0 Å². The highest BCUT2D eigenvalue weighted by atomic mass is 32.2. The van der Waals surface area contributed by atoms with Gasteiger partial charge in [-0.1, -0.05) is 13.0 Å². The molecule has 0 bridgehead atoms. The summed E-state index contributed by atoms with van der Waals surface area (Å²) in [5, 5.41) is 16.6. The van der Waals surface area contributed by atoms with Gasteiger partial charge in [0.1, 0.15) is 17.5 Å². The van der Waals surface area contributed by atoms with Crippen molar-refractivity contribution in [3.63, 3.8) is 0 Å². The third-order valence-corrected chi connectivity index (χ3v) is 4.18. The second kappa shape index (κ2) is 6.07. The van der Waals surface area contributed by atoms with Crippen molar-refractivity contribution in [2.24, 2.45) is 0 Å². The maximum absolute atomic E-state index is 12.0. The van der Waals surface area contributed by atoms with Crippen molar-refractivity contribution in [3.05, 3.63) is 23.8 Å². The van der Waals surface area contributed by atoms with E-state index in [0.717, 1.165) is 0 Å². The molecule has 6 nitrogen and oxygen atoms in total. The van der Waals surface area contributed by atoms with Crippen LogP contribution in [0.2, 0.25) is 0 Å². The fourth-order valence-corrected chi connectivity index (χ4v) is 2.71. The van der Waals surface area contributed by atoms with Crippen LogP contribution in [0.5, 0.6) is 5.75 Å². The van der Waals surface area contributed by atoms with E-state index in [1.54, 1.807) is 19.1 Å². The van der Waals surface area contributed by atoms with Crippen LogP contribution in [0, 0.1) is 22.7 Å². The normalized spacial score (nSPS) is 12.0. The minimum absolute atomic E-state index is 0.0567. The van der Waals surface area contributed by atoms with Crippen LogP contribution in [-0.4, -0.2) is 20.8 Å². The molecule has 1 rings (SSSR count). The number of nitriles is 2. The molecule has 1 aromatic carbocycles. The van der Waals surface area contributed by atoms with Gasteiger partial charge in [0.15, 0.2) is 5.25 Å². The number of nitrogens with zero attached hydrogens (tertiary/aromatic N) is 2. The van der Waals surface area contributed by atoms with Crippen molar-refractivity contribution in [2.45, 2.75) is 18.6 Å². The summed E-state index contributed by atoms with van der Waals surface area (Å²) in [6.07, 6.45) is 0.156. The third-order valence-electron chi connectivity index (χ3n) is 2.50. The summed E-state index contributed by atoms with van der Waals surface area (Å²) in [4.78, 5) is 0. The van der Waals surface area contributed by atoms with Crippen molar-refractivity contribution >= 4 is 15.7 Å². The predicted molar refractivity (Wildman–Crippen MR) is 69.9 cm³/mol. The lowest BCUT2D eigenvalue weighted by Crippen LogP contribution is -2.26. The Kier molecular flexibility index (Phi) is 4.74. The summed E-state index contributed by atoms with van der Waals surface area (Å²) in [6.45, 7) is 1.60. The first-order valence-electron chi connectivity index (χ1n) is 5.48. The molecule has 1 aromatic rings. The quantitative estimate of drug-likeness (QED) is 0.881. The highest BCUT2D eigenvalue weighted by Crippen LogP contribution is 2.29. The molecular formula is C12H13N3O3S. The van der Waals surface area contributed by atoms with E-state index in [0.29, 0.717) is 0 Å². The maximum Gasteiger partial charge on any atom is 0.249 e. The zero-order chi connectivity index (χ0) is 14.5. The molecule has 100 valence electrons. The molecule has 0 aliphatic carbocycles.